The molecule has 0 bridgehead atoms. The fourth-order valence-corrected chi connectivity index (χ4v) is 2.54. The van der Waals surface area contributed by atoms with Crippen LogP contribution in [0, 0.1) is 0 Å². The molecule has 2 heterocycles. The van der Waals surface area contributed by atoms with Crippen molar-refractivity contribution in [2.45, 2.75) is 30.3 Å². The fraction of sp³-hybridized carbons (Fsp3) is 1.00. The quantitative estimate of drug-likeness (QED) is 0.317. The minimum Gasteiger partial charge on any atom is -0.392 e. The highest BCUT2D eigenvalue weighted by molar-refractivity contribution is 7.75. The van der Waals surface area contributed by atoms with Gasteiger partial charge in [-0.25, -0.2) is 4.18 Å². The summed E-state index contributed by atoms with van der Waals surface area (Å²) in [5.41, 5.74) is -2.05. The van der Waals surface area contributed by atoms with E-state index in [0.717, 1.165) is 0 Å². The molecule has 5 N–H and O–H groups in total. The Hall–Kier alpha value is -0.170. The molecule has 2 aliphatic heterocycles. The fourth-order valence-electron chi connectivity index (χ4n) is 1.70. The maximum atomic E-state index is 11.0. The Labute approximate surface area is 92.3 Å². The van der Waals surface area contributed by atoms with Gasteiger partial charge >= 0.3 is 11.4 Å². The van der Waals surface area contributed by atoms with Crippen LogP contribution in [0.2, 0.25) is 0 Å². The molecule has 94 valence electrons. The van der Waals surface area contributed by atoms with Crippen LogP contribution in [0.3, 0.4) is 0 Å². The largest absolute Gasteiger partial charge is 0.392 e. The zero-order valence-corrected chi connectivity index (χ0v) is 8.65. The number of hydroxylamine groups is 2. The lowest BCUT2D eigenvalue weighted by atomic mass is 9.91. The third kappa shape index (κ3) is 1.44. The number of aliphatic hydroxyl groups is 5. The highest BCUT2D eigenvalue weighted by atomic mass is 32.2. The number of hydrogen-bond acceptors (Lipinski definition) is 9. The van der Waals surface area contributed by atoms with Gasteiger partial charge in [0.15, 0.2) is 6.23 Å². The number of aliphatic hydroxyl groups excluding tert-OH is 5. The average molecular weight is 257 g/mol. The van der Waals surface area contributed by atoms with Crippen molar-refractivity contribution in [1.82, 2.24) is 5.06 Å². The van der Waals surface area contributed by atoms with E-state index in [9.17, 15) is 24.6 Å². The molecule has 9 nitrogen and oxygen atoms in total. The molecule has 10 heteroatoms. The first-order valence-corrected chi connectivity index (χ1v) is 5.36. The number of rotatable bonds is 1. The van der Waals surface area contributed by atoms with Crippen LogP contribution in [0.15, 0.2) is 0 Å². The van der Waals surface area contributed by atoms with Crippen LogP contribution < -0.4 is 0 Å². The van der Waals surface area contributed by atoms with Gasteiger partial charge in [0, 0.05) is 0 Å². The first-order valence-electron chi connectivity index (χ1n) is 4.36. The number of piperidine rings is 1. The van der Waals surface area contributed by atoms with E-state index < -0.39 is 48.2 Å². The summed E-state index contributed by atoms with van der Waals surface area (Å²) in [7, 11) is 0. The molecule has 2 rings (SSSR count). The molecule has 0 spiro atoms. The summed E-state index contributed by atoms with van der Waals surface area (Å²) in [6.07, 6.45) is -7.08. The van der Waals surface area contributed by atoms with Crippen molar-refractivity contribution >= 4 is 11.4 Å². The number of fused-ring (bicyclic) bond motifs is 1. The Kier molecular flexibility index (Phi) is 3.03. The molecule has 0 aliphatic carbocycles. The predicted molar refractivity (Wildman–Crippen MR) is 46.0 cm³/mol. The van der Waals surface area contributed by atoms with Gasteiger partial charge in [0.25, 0.3) is 0 Å². The second-order valence-electron chi connectivity index (χ2n) is 3.53. The van der Waals surface area contributed by atoms with E-state index in [0.29, 0.717) is 5.06 Å². The minimum absolute atomic E-state index is 0.477. The van der Waals surface area contributed by atoms with Gasteiger partial charge in [-0.05, 0) is 0 Å². The highest BCUT2D eigenvalue weighted by Crippen LogP contribution is 2.39. The van der Waals surface area contributed by atoms with Gasteiger partial charge in [0.05, 0.1) is 6.61 Å². The SMILES string of the molecule is O=S1ON2C(O)[C@H](O)[C@@H](O)[C@H](O)[C@]2(CO)O1. The molecule has 6 atom stereocenters. The van der Waals surface area contributed by atoms with Crippen molar-refractivity contribution < 1.29 is 38.2 Å². The van der Waals surface area contributed by atoms with Crippen LogP contribution in [0.25, 0.3) is 0 Å². The van der Waals surface area contributed by atoms with E-state index in [1.807, 2.05) is 0 Å². The molecule has 0 aromatic carbocycles. The van der Waals surface area contributed by atoms with E-state index in [1.54, 1.807) is 0 Å². The standard InChI is InChI=1S/C6H11NO8S/c8-1-6-4(11)2(9)3(10)5(12)7(6)15-16(13)14-6/h2-5,8-12H,1H2/t2-,3-,4+,5?,6+,16?/m1/s1. The lowest BCUT2D eigenvalue weighted by Gasteiger charge is -2.46. The Bertz CT molecular complexity index is 315. The lowest BCUT2D eigenvalue weighted by molar-refractivity contribution is -0.354. The molecule has 16 heavy (non-hydrogen) atoms. The first-order chi connectivity index (χ1) is 7.44. The third-order valence-electron chi connectivity index (χ3n) is 2.63. The summed E-state index contributed by atoms with van der Waals surface area (Å²) >= 11 is -2.33. The summed E-state index contributed by atoms with van der Waals surface area (Å²) < 4.78 is 20.2. The van der Waals surface area contributed by atoms with Gasteiger partial charge in [-0.3, -0.25) is 0 Å². The van der Waals surface area contributed by atoms with Crippen molar-refractivity contribution in [2.75, 3.05) is 6.61 Å². The monoisotopic (exact) mass is 257 g/mol. The van der Waals surface area contributed by atoms with Gasteiger partial charge < -0.3 is 25.5 Å². The lowest BCUT2D eigenvalue weighted by Crippen LogP contribution is -2.72. The Balaban J connectivity index is 2.40. The van der Waals surface area contributed by atoms with Crippen LogP contribution >= 0.6 is 0 Å². The van der Waals surface area contributed by atoms with E-state index >= 15 is 0 Å². The number of hydrogen-bond donors (Lipinski definition) is 5. The average Bonchev–Trinajstić information content (AvgIpc) is 2.62. The Morgan fingerprint density at radius 3 is 2.44 bits per heavy atom. The second kappa shape index (κ2) is 3.94. The molecule has 2 saturated heterocycles. The zero-order valence-electron chi connectivity index (χ0n) is 7.83. The Morgan fingerprint density at radius 2 is 1.88 bits per heavy atom. The van der Waals surface area contributed by atoms with Crippen LogP contribution in [-0.2, 0) is 19.8 Å². The maximum Gasteiger partial charge on any atom is 0.324 e. The zero-order chi connectivity index (χ0) is 12.1. The molecule has 2 aliphatic rings. The van der Waals surface area contributed by atoms with E-state index in [1.165, 1.54) is 0 Å². The normalized spacial score (nSPS) is 53.9. The topological polar surface area (TPSA) is 140 Å². The summed E-state index contributed by atoms with van der Waals surface area (Å²) in [6.45, 7) is -0.888. The Morgan fingerprint density at radius 1 is 1.25 bits per heavy atom. The third-order valence-corrected chi connectivity index (χ3v) is 3.34. The molecule has 0 amide bonds. The van der Waals surface area contributed by atoms with Crippen molar-refractivity contribution in [3.05, 3.63) is 0 Å². The molecule has 0 saturated carbocycles. The van der Waals surface area contributed by atoms with Crippen molar-refractivity contribution in [1.29, 1.82) is 0 Å². The van der Waals surface area contributed by atoms with Gasteiger partial charge in [0.2, 0.25) is 5.72 Å². The summed E-state index contributed by atoms with van der Waals surface area (Å²) in [5, 5.41) is 47.5. The molecule has 0 radical (unpaired) electrons. The van der Waals surface area contributed by atoms with Crippen LogP contribution in [0.5, 0.6) is 0 Å². The minimum atomic E-state index is -2.33. The van der Waals surface area contributed by atoms with Gasteiger partial charge in [-0.2, -0.15) is 8.49 Å². The maximum absolute atomic E-state index is 11.0. The summed E-state index contributed by atoms with van der Waals surface area (Å²) in [4.78, 5) is 0. The molecular weight excluding hydrogens is 246 g/mol. The summed E-state index contributed by atoms with van der Waals surface area (Å²) in [6, 6.07) is 0. The van der Waals surface area contributed by atoms with Crippen molar-refractivity contribution in [3.8, 4) is 0 Å². The summed E-state index contributed by atoms with van der Waals surface area (Å²) in [5.74, 6) is 0. The van der Waals surface area contributed by atoms with Crippen molar-refractivity contribution in [2.24, 2.45) is 0 Å². The molecule has 2 unspecified atom stereocenters. The van der Waals surface area contributed by atoms with Gasteiger partial charge in [-0.15, -0.1) is 5.06 Å². The predicted octanol–water partition coefficient (Wildman–Crippen LogP) is -4.07. The molecular formula is C6H11NO8S. The van der Waals surface area contributed by atoms with Crippen LogP contribution in [-0.4, -0.2) is 71.7 Å². The van der Waals surface area contributed by atoms with Gasteiger partial charge in [0.1, 0.15) is 18.3 Å². The van der Waals surface area contributed by atoms with E-state index in [-0.39, 0.29) is 0 Å². The van der Waals surface area contributed by atoms with Gasteiger partial charge in [-0.1, -0.05) is 0 Å². The molecule has 2 fully saturated rings. The van der Waals surface area contributed by atoms with Crippen LogP contribution in [0.4, 0.5) is 0 Å². The highest BCUT2D eigenvalue weighted by Gasteiger charge is 2.64. The van der Waals surface area contributed by atoms with Crippen LogP contribution in [0.1, 0.15) is 0 Å². The van der Waals surface area contributed by atoms with E-state index in [2.05, 4.69) is 8.47 Å². The van der Waals surface area contributed by atoms with Crippen molar-refractivity contribution in [3.63, 3.8) is 0 Å². The molecule has 0 aromatic heterocycles. The smallest absolute Gasteiger partial charge is 0.324 e. The second-order valence-corrected chi connectivity index (χ2v) is 4.25. The van der Waals surface area contributed by atoms with E-state index in [4.69, 9.17) is 5.11 Å². The number of nitrogens with zero attached hydrogens (tertiary/aromatic N) is 1. The first kappa shape index (κ1) is 12.3. The molecule has 0 aromatic rings.